The van der Waals surface area contributed by atoms with Crippen LogP contribution in [0.5, 0.6) is 0 Å². The second-order valence-electron chi connectivity index (χ2n) is 3.75. The molecule has 0 saturated heterocycles. The molecule has 2 rings (SSSR count). The molecule has 1 aromatic rings. The van der Waals surface area contributed by atoms with E-state index >= 15 is 0 Å². The molecule has 0 spiro atoms. The number of H-pyrrole nitrogens is 1. The van der Waals surface area contributed by atoms with Crippen LogP contribution in [0, 0.1) is 0 Å². The lowest BCUT2D eigenvalue weighted by atomic mass is 10.4. The molecule has 1 saturated carbocycles. The minimum atomic E-state index is 0.776. The van der Waals surface area contributed by atoms with Gasteiger partial charge in [0, 0.05) is 37.6 Å². The number of nitrogens with one attached hydrogen (secondary N) is 3. The quantitative estimate of drug-likeness (QED) is 0.627. The van der Waals surface area contributed by atoms with E-state index < -0.39 is 0 Å². The number of halogens is 1. The SMILES string of the molecule is Clc1c[nH]c(CNCCNC2CC2)c1. The van der Waals surface area contributed by atoms with Crippen LogP contribution >= 0.6 is 11.6 Å². The molecule has 0 bridgehead atoms. The first-order valence-corrected chi connectivity index (χ1v) is 5.49. The fraction of sp³-hybridized carbons (Fsp3) is 0.600. The van der Waals surface area contributed by atoms with Gasteiger partial charge in [0.2, 0.25) is 0 Å². The van der Waals surface area contributed by atoms with Crippen molar-refractivity contribution in [2.75, 3.05) is 13.1 Å². The molecule has 14 heavy (non-hydrogen) atoms. The molecule has 0 unspecified atom stereocenters. The summed E-state index contributed by atoms with van der Waals surface area (Å²) >= 11 is 5.78. The lowest BCUT2D eigenvalue weighted by Gasteiger charge is -2.03. The van der Waals surface area contributed by atoms with Gasteiger partial charge in [0.1, 0.15) is 0 Å². The van der Waals surface area contributed by atoms with E-state index in [0.29, 0.717) is 0 Å². The van der Waals surface area contributed by atoms with Gasteiger partial charge >= 0.3 is 0 Å². The zero-order valence-corrected chi connectivity index (χ0v) is 8.90. The average Bonchev–Trinajstić information content (AvgIpc) is 2.89. The first kappa shape index (κ1) is 10.0. The van der Waals surface area contributed by atoms with E-state index in [9.17, 15) is 0 Å². The average molecular weight is 214 g/mol. The Morgan fingerprint density at radius 3 is 2.93 bits per heavy atom. The lowest BCUT2D eigenvalue weighted by molar-refractivity contribution is 0.605. The zero-order chi connectivity index (χ0) is 9.80. The number of aromatic nitrogens is 1. The normalized spacial score (nSPS) is 16.1. The van der Waals surface area contributed by atoms with Crippen molar-refractivity contribution in [3.8, 4) is 0 Å². The first-order chi connectivity index (χ1) is 6.84. The zero-order valence-electron chi connectivity index (χ0n) is 8.15. The van der Waals surface area contributed by atoms with Crippen molar-refractivity contribution < 1.29 is 0 Å². The molecule has 0 radical (unpaired) electrons. The van der Waals surface area contributed by atoms with Gasteiger partial charge in [-0.05, 0) is 18.9 Å². The van der Waals surface area contributed by atoms with Gasteiger partial charge in [0.25, 0.3) is 0 Å². The highest BCUT2D eigenvalue weighted by Gasteiger charge is 2.19. The third-order valence-electron chi connectivity index (χ3n) is 2.34. The highest BCUT2D eigenvalue weighted by molar-refractivity contribution is 6.30. The molecule has 4 heteroatoms. The summed E-state index contributed by atoms with van der Waals surface area (Å²) in [7, 11) is 0. The minimum Gasteiger partial charge on any atom is -0.363 e. The Balaban J connectivity index is 1.53. The largest absolute Gasteiger partial charge is 0.363 e. The van der Waals surface area contributed by atoms with Gasteiger partial charge in [-0.3, -0.25) is 0 Å². The van der Waals surface area contributed by atoms with Crippen LogP contribution in [-0.4, -0.2) is 24.1 Å². The monoisotopic (exact) mass is 213 g/mol. The van der Waals surface area contributed by atoms with Crippen LogP contribution in [0.3, 0.4) is 0 Å². The summed E-state index contributed by atoms with van der Waals surface area (Å²) in [6.07, 6.45) is 4.51. The third-order valence-corrected chi connectivity index (χ3v) is 2.55. The highest BCUT2D eigenvalue weighted by Crippen LogP contribution is 2.17. The van der Waals surface area contributed by atoms with Crippen LogP contribution in [0.15, 0.2) is 12.3 Å². The Hall–Kier alpha value is -0.510. The molecule has 1 aliphatic carbocycles. The predicted octanol–water partition coefficient (Wildman–Crippen LogP) is 1.51. The second kappa shape index (κ2) is 4.82. The van der Waals surface area contributed by atoms with Crippen LogP contribution in [0.1, 0.15) is 18.5 Å². The van der Waals surface area contributed by atoms with E-state index in [2.05, 4.69) is 15.6 Å². The van der Waals surface area contributed by atoms with Crippen LogP contribution in [0.2, 0.25) is 5.02 Å². The second-order valence-corrected chi connectivity index (χ2v) is 4.18. The van der Waals surface area contributed by atoms with Crippen molar-refractivity contribution in [2.24, 2.45) is 0 Å². The van der Waals surface area contributed by atoms with E-state index in [4.69, 9.17) is 11.6 Å². The third kappa shape index (κ3) is 3.33. The molecule has 0 atom stereocenters. The van der Waals surface area contributed by atoms with E-state index in [1.165, 1.54) is 12.8 Å². The first-order valence-electron chi connectivity index (χ1n) is 5.11. The Kier molecular flexibility index (Phi) is 3.45. The molecule has 78 valence electrons. The van der Waals surface area contributed by atoms with Crippen molar-refractivity contribution in [1.29, 1.82) is 0 Å². The Bertz CT molecular complexity index is 281. The maximum Gasteiger partial charge on any atom is 0.0583 e. The lowest BCUT2D eigenvalue weighted by Crippen LogP contribution is -2.28. The molecular weight excluding hydrogens is 198 g/mol. The van der Waals surface area contributed by atoms with Gasteiger partial charge in [0.05, 0.1) is 5.02 Å². The van der Waals surface area contributed by atoms with E-state index in [1.807, 2.05) is 6.07 Å². The Morgan fingerprint density at radius 2 is 2.29 bits per heavy atom. The Labute approximate surface area is 89.2 Å². The van der Waals surface area contributed by atoms with Gasteiger partial charge in [-0.2, -0.15) is 0 Å². The van der Waals surface area contributed by atoms with Crippen molar-refractivity contribution in [3.05, 3.63) is 23.0 Å². The Morgan fingerprint density at radius 1 is 1.43 bits per heavy atom. The summed E-state index contributed by atoms with van der Waals surface area (Å²) in [6.45, 7) is 2.92. The van der Waals surface area contributed by atoms with Crippen LogP contribution < -0.4 is 10.6 Å². The molecule has 3 nitrogen and oxygen atoms in total. The maximum atomic E-state index is 5.78. The van der Waals surface area contributed by atoms with Crippen LogP contribution in [0.4, 0.5) is 0 Å². The summed E-state index contributed by atoms with van der Waals surface area (Å²) in [5.41, 5.74) is 1.14. The summed E-state index contributed by atoms with van der Waals surface area (Å²) in [6, 6.07) is 2.75. The van der Waals surface area contributed by atoms with Gasteiger partial charge in [0.15, 0.2) is 0 Å². The van der Waals surface area contributed by atoms with Crippen molar-refractivity contribution in [1.82, 2.24) is 15.6 Å². The van der Waals surface area contributed by atoms with Gasteiger partial charge in [-0.1, -0.05) is 11.6 Å². The summed E-state index contributed by atoms with van der Waals surface area (Å²) < 4.78 is 0. The van der Waals surface area contributed by atoms with Crippen LogP contribution in [-0.2, 0) is 6.54 Å². The van der Waals surface area contributed by atoms with Crippen molar-refractivity contribution in [3.63, 3.8) is 0 Å². The fourth-order valence-electron chi connectivity index (χ4n) is 1.39. The topological polar surface area (TPSA) is 39.9 Å². The number of rotatable bonds is 6. The van der Waals surface area contributed by atoms with Crippen molar-refractivity contribution in [2.45, 2.75) is 25.4 Å². The smallest absolute Gasteiger partial charge is 0.0583 e. The predicted molar refractivity (Wildman–Crippen MR) is 58.5 cm³/mol. The van der Waals surface area contributed by atoms with E-state index in [0.717, 1.165) is 36.4 Å². The number of hydrogen-bond acceptors (Lipinski definition) is 2. The molecule has 1 aliphatic rings. The molecular formula is C10H16ClN3. The summed E-state index contributed by atoms with van der Waals surface area (Å²) in [4.78, 5) is 3.10. The standard InChI is InChI=1S/C10H16ClN3/c11-8-5-10(14-6-8)7-12-3-4-13-9-1-2-9/h5-6,9,12-14H,1-4,7H2. The molecule has 0 amide bonds. The molecule has 0 aliphatic heterocycles. The molecule has 0 aromatic carbocycles. The molecule has 3 N–H and O–H groups in total. The maximum absolute atomic E-state index is 5.78. The fourth-order valence-corrected chi connectivity index (χ4v) is 1.57. The van der Waals surface area contributed by atoms with Gasteiger partial charge < -0.3 is 15.6 Å². The van der Waals surface area contributed by atoms with Gasteiger partial charge in [-0.15, -0.1) is 0 Å². The van der Waals surface area contributed by atoms with Crippen molar-refractivity contribution >= 4 is 11.6 Å². The number of hydrogen-bond donors (Lipinski definition) is 3. The summed E-state index contributed by atoms with van der Waals surface area (Å²) in [5, 5.41) is 7.57. The molecule has 1 heterocycles. The highest BCUT2D eigenvalue weighted by atomic mass is 35.5. The minimum absolute atomic E-state index is 0.776. The van der Waals surface area contributed by atoms with Gasteiger partial charge in [-0.25, -0.2) is 0 Å². The summed E-state index contributed by atoms with van der Waals surface area (Å²) in [5.74, 6) is 0. The number of aromatic amines is 1. The molecule has 1 fully saturated rings. The van der Waals surface area contributed by atoms with E-state index in [1.54, 1.807) is 6.20 Å². The molecule has 1 aromatic heterocycles. The van der Waals surface area contributed by atoms with E-state index in [-0.39, 0.29) is 0 Å². The van der Waals surface area contributed by atoms with Crippen LogP contribution in [0.25, 0.3) is 0 Å².